The molecule has 0 aliphatic rings. The Balaban J connectivity index is 3.89. The average Bonchev–Trinajstić information content (AvgIpc) is 3.29. The molecule has 0 radical (unpaired) electrons. The van der Waals surface area contributed by atoms with Gasteiger partial charge in [0.15, 0.2) is 0 Å². The van der Waals surface area contributed by atoms with Gasteiger partial charge in [0.1, 0.15) is 13.2 Å². The van der Waals surface area contributed by atoms with Crippen LogP contribution >= 0.6 is 7.82 Å². The van der Waals surface area contributed by atoms with Gasteiger partial charge in [-0.05, 0) is 83.5 Å². The quantitative estimate of drug-likeness (QED) is 0.0272. The number of unbranched alkanes of at least 4 members (excludes halogenated alkanes) is 18. The van der Waals surface area contributed by atoms with Crippen LogP contribution < -0.4 is 10.2 Å². The number of likely N-dealkylation sites (N-methyl/N-ethyl adjacent to an activating group) is 1. The molecule has 0 saturated heterocycles. The first-order chi connectivity index (χ1) is 32.5. The van der Waals surface area contributed by atoms with Gasteiger partial charge in [-0.15, -0.1) is 0 Å². The molecule has 0 heterocycles. The number of hydrogen-bond donors (Lipinski definition) is 2. The standard InChI is InChI=1S/C58H101N2O6P/c1-6-8-10-12-14-15-16-17-18-19-20-21-22-23-24-25-26-27-28-29-30-31-32-33-34-35-36-37-38-39-40-41-42-43-44-45-46-48-50-52-58(62)59-56(57(61)51-49-47-13-11-9-7-2)55-66-67(63,64)65-54-53-60(3,4)5/h8,10,14-15,17-18,20-21,23-24,26-27,29-30,32-33,49,51,56-57,61H,6-7,9,11-13,16,19,22,25,28,31,34-48,50,52-55H2,1-5H3,(H-,59,62,63,64)/b10-8-,15-14-,18-17-,21-20-,24-23-,27-26-,30-29-,33-32-,51-49+. The number of carbonyl (C=O) groups excluding carboxylic acids is 1. The number of quaternary nitrogens is 1. The lowest BCUT2D eigenvalue weighted by atomic mass is 10.0. The summed E-state index contributed by atoms with van der Waals surface area (Å²) >= 11 is 0. The Hall–Kier alpha value is -2.84. The van der Waals surface area contributed by atoms with Gasteiger partial charge in [0.2, 0.25) is 5.91 Å². The number of nitrogens with zero attached hydrogens (tertiary/aromatic N) is 1. The third kappa shape index (κ3) is 50.9. The molecule has 0 fully saturated rings. The second-order valence-corrected chi connectivity index (χ2v) is 20.3. The Morgan fingerprint density at radius 3 is 1.33 bits per heavy atom. The van der Waals surface area contributed by atoms with Crippen molar-refractivity contribution in [3.05, 3.63) is 109 Å². The fraction of sp³-hybridized carbons (Fsp3) is 0.672. The number of carbonyl (C=O) groups is 1. The largest absolute Gasteiger partial charge is 0.756 e. The van der Waals surface area contributed by atoms with Crippen molar-refractivity contribution in [1.82, 2.24) is 5.32 Å². The van der Waals surface area contributed by atoms with Gasteiger partial charge >= 0.3 is 0 Å². The second-order valence-electron chi connectivity index (χ2n) is 18.9. The van der Waals surface area contributed by atoms with Crippen LogP contribution in [-0.4, -0.2) is 68.5 Å². The van der Waals surface area contributed by atoms with E-state index >= 15 is 0 Å². The molecule has 384 valence electrons. The summed E-state index contributed by atoms with van der Waals surface area (Å²) in [5.41, 5.74) is 0. The molecular formula is C58H101N2O6P. The van der Waals surface area contributed by atoms with Crippen molar-refractivity contribution >= 4 is 13.7 Å². The van der Waals surface area contributed by atoms with Crippen LogP contribution in [0.4, 0.5) is 0 Å². The van der Waals surface area contributed by atoms with Gasteiger partial charge in [-0.2, -0.15) is 0 Å². The number of allylic oxidation sites excluding steroid dienone is 17. The van der Waals surface area contributed by atoms with E-state index in [2.05, 4.69) is 116 Å². The van der Waals surface area contributed by atoms with Crippen LogP contribution in [0, 0.1) is 0 Å². The van der Waals surface area contributed by atoms with Crippen molar-refractivity contribution in [3.8, 4) is 0 Å². The molecule has 8 nitrogen and oxygen atoms in total. The third-order valence-electron chi connectivity index (χ3n) is 11.2. The minimum absolute atomic E-state index is 0.00563. The highest BCUT2D eigenvalue weighted by Crippen LogP contribution is 2.38. The van der Waals surface area contributed by atoms with Crippen molar-refractivity contribution < 1.29 is 32.9 Å². The molecule has 0 saturated carbocycles. The number of aliphatic hydroxyl groups is 1. The minimum Gasteiger partial charge on any atom is -0.756 e. The number of aliphatic hydroxyl groups excluding tert-OH is 1. The molecule has 0 aliphatic carbocycles. The molecule has 2 N–H and O–H groups in total. The molecule has 1 amide bonds. The molecule has 0 bridgehead atoms. The maximum Gasteiger partial charge on any atom is 0.268 e. The van der Waals surface area contributed by atoms with Gasteiger partial charge in [-0.3, -0.25) is 9.36 Å². The van der Waals surface area contributed by atoms with E-state index in [1.54, 1.807) is 6.08 Å². The van der Waals surface area contributed by atoms with E-state index in [4.69, 9.17) is 9.05 Å². The summed E-state index contributed by atoms with van der Waals surface area (Å²) in [5, 5.41) is 13.6. The van der Waals surface area contributed by atoms with Crippen LogP contribution in [-0.2, 0) is 18.4 Å². The highest BCUT2D eigenvalue weighted by Gasteiger charge is 2.23. The van der Waals surface area contributed by atoms with Crippen LogP contribution in [0.1, 0.15) is 200 Å². The van der Waals surface area contributed by atoms with Crippen LogP contribution in [0.2, 0.25) is 0 Å². The van der Waals surface area contributed by atoms with Crippen molar-refractivity contribution in [2.24, 2.45) is 0 Å². The molecule has 3 unspecified atom stereocenters. The Bertz CT molecular complexity index is 1450. The van der Waals surface area contributed by atoms with Crippen LogP contribution in [0.15, 0.2) is 109 Å². The summed E-state index contributed by atoms with van der Waals surface area (Å²) in [6, 6.07) is -0.888. The monoisotopic (exact) mass is 953 g/mol. The maximum absolute atomic E-state index is 12.8. The number of phosphoric acid groups is 1. The second kappa shape index (κ2) is 48.2. The predicted octanol–water partition coefficient (Wildman–Crippen LogP) is 15.4. The maximum atomic E-state index is 12.8. The van der Waals surface area contributed by atoms with Gasteiger partial charge in [0.25, 0.3) is 7.82 Å². The lowest BCUT2D eigenvalue weighted by molar-refractivity contribution is -0.870. The minimum atomic E-state index is -4.58. The molecule has 0 aromatic rings. The van der Waals surface area contributed by atoms with E-state index in [-0.39, 0.29) is 19.1 Å². The van der Waals surface area contributed by atoms with Crippen LogP contribution in [0.5, 0.6) is 0 Å². The zero-order valence-corrected chi connectivity index (χ0v) is 44.5. The van der Waals surface area contributed by atoms with Gasteiger partial charge in [0, 0.05) is 6.42 Å². The summed E-state index contributed by atoms with van der Waals surface area (Å²) < 4.78 is 23.1. The van der Waals surface area contributed by atoms with E-state index in [1.807, 2.05) is 27.2 Å². The van der Waals surface area contributed by atoms with E-state index in [0.717, 1.165) is 96.3 Å². The van der Waals surface area contributed by atoms with Gasteiger partial charge in [-0.25, -0.2) is 0 Å². The molecule has 67 heavy (non-hydrogen) atoms. The van der Waals surface area contributed by atoms with Crippen molar-refractivity contribution in [1.29, 1.82) is 0 Å². The molecule has 9 heteroatoms. The lowest BCUT2D eigenvalue weighted by Gasteiger charge is -2.29. The fourth-order valence-electron chi connectivity index (χ4n) is 7.05. The summed E-state index contributed by atoms with van der Waals surface area (Å²) in [5.74, 6) is -0.208. The fourth-order valence-corrected chi connectivity index (χ4v) is 7.77. The first-order valence-corrected chi connectivity index (χ1v) is 28.2. The third-order valence-corrected chi connectivity index (χ3v) is 12.2. The molecule has 0 aromatic heterocycles. The number of phosphoric ester groups is 1. The van der Waals surface area contributed by atoms with Gasteiger partial charge < -0.3 is 28.8 Å². The first-order valence-electron chi connectivity index (χ1n) is 26.7. The Kier molecular flexibility index (Phi) is 46.2. The topological polar surface area (TPSA) is 108 Å². The zero-order chi connectivity index (χ0) is 49.2. The summed E-state index contributed by atoms with van der Waals surface area (Å²) in [7, 11) is 1.24. The lowest BCUT2D eigenvalue weighted by Crippen LogP contribution is -2.45. The van der Waals surface area contributed by atoms with Crippen molar-refractivity contribution in [2.45, 2.75) is 212 Å². The molecule has 3 atom stereocenters. The molecular weight excluding hydrogens is 852 g/mol. The van der Waals surface area contributed by atoms with Crippen molar-refractivity contribution in [3.63, 3.8) is 0 Å². The van der Waals surface area contributed by atoms with Gasteiger partial charge in [-0.1, -0.05) is 220 Å². The average molecular weight is 953 g/mol. The number of rotatable bonds is 47. The first kappa shape index (κ1) is 64.2. The van der Waals surface area contributed by atoms with E-state index in [9.17, 15) is 19.4 Å². The number of amides is 1. The normalized spacial score (nSPS) is 14.9. The van der Waals surface area contributed by atoms with Gasteiger partial charge in [0.05, 0.1) is 39.9 Å². The Morgan fingerprint density at radius 1 is 0.537 bits per heavy atom. The predicted molar refractivity (Wildman–Crippen MR) is 288 cm³/mol. The smallest absolute Gasteiger partial charge is 0.268 e. The highest BCUT2D eigenvalue weighted by atomic mass is 31.2. The Labute approximate surface area is 412 Å². The van der Waals surface area contributed by atoms with Crippen LogP contribution in [0.3, 0.4) is 0 Å². The Morgan fingerprint density at radius 2 is 0.910 bits per heavy atom. The van der Waals surface area contributed by atoms with E-state index < -0.39 is 20.0 Å². The summed E-state index contributed by atoms with van der Waals surface area (Å²) in [6.45, 7) is 4.43. The highest BCUT2D eigenvalue weighted by molar-refractivity contribution is 7.45. The summed E-state index contributed by atoms with van der Waals surface area (Å²) in [4.78, 5) is 25.2. The molecule has 0 rings (SSSR count). The SMILES string of the molecule is CC/C=C\C/C=C\C/C=C\C/C=C\C/C=C\C/C=C\C/C=C\C/C=C\CCCCCCCCCCCCCCCCC(=O)NC(COP(=O)([O-])OCC[N+](C)(C)C)C(O)/C=C/CCCCCC. The van der Waals surface area contributed by atoms with Crippen molar-refractivity contribution in [2.75, 3.05) is 40.9 Å². The number of hydrogen-bond acceptors (Lipinski definition) is 6. The zero-order valence-electron chi connectivity index (χ0n) is 43.6. The molecule has 0 aromatic carbocycles. The molecule has 0 spiro atoms. The number of nitrogens with one attached hydrogen (secondary N) is 1. The van der Waals surface area contributed by atoms with E-state index in [1.165, 1.54) is 83.5 Å². The van der Waals surface area contributed by atoms with E-state index in [0.29, 0.717) is 17.4 Å². The molecule has 0 aliphatic heterocycles. The van der Waals surface area contributed by atoms with Crippen LogP contribution in [0.25, 0.3) is 0 Å². The summed E-state index contributed by atoms with van der Waals surface area (Å²) in [6.07, 6.45) is 70.7.